The van der Waals surface area contributed by atoms with Gasteiger partial charge < -0.3 is 21.5 Å². The lowest BCUT2D eigenvalue weighted by atomic mass is 10.2. The zero-order valence-electron chi connectivity index (χ0n) is 10.5. The first-order chi connectivity index (χ1) is 9.38. The van der Waals surface area contributed by atoms with Crippen molar-refractivity contribution in [2.75, 3.05) is 5.32 Å². The zero-order valence-corrected chi connectivity index (χ0v) is 11.2. The first-order valence-electron chi connectivity index (χ1n) is 5.64. The molecule has 20 heavy (non-hydrogen) atoms. The molecular weight excluding hydrogens is 286 g/mol. The summed E-state index contributed by atoms with van der Waals surface area (Å²) in [6.45, 7) is 0.0394. The van der Waals surface area contributed by atoms with Gasteiger partial charge in [0.1, 0.15) is 6.61 Å². The monoisotopic (exact) mass is 299 g/mol. The lowest BCUT2D eigenvalue weighted by molar-refractivity contribution is -0.123. The number of carbonyl (C=O) groups is 3. The Morgan fingerprint density at radius 1 is 1.25 bits per heavy atom. The average molecular weight is 300 g/mol. The Morgan fingerprint density at radius 3 is 2.35 bits per heavy atom. The van der Waals surface area contributed by atoms with Crippen molar-refractivity contribution < 1.29 is 19.1 Å². The van der Waals surface area contributed by atoms with E-state index in [4.69, 9.17) is 23.1 Å². The molecule has 0 unspecified atom stereocenters. The van der Waals surface area contributed by atoms with E-state index in [0.29, 0.717) is 11.3 Å². The van der Waals surface area contributed by atoms with E-state index in [1.165, 1.54) is 0 Å². The highest BCUT2D eigenvalue weighted by Gasteiger charge is 2.15. The summed E-state index contributed by atoms with van der Waals surface area (Å²) in [7, 11) is 0. The van der Waals surface area contributed by atoms with Crippen molar-refractivity contribution in [3.8, 4) is 0 Å². The van der Waals surface area contributed by atoms with Crippen molar-refractivity contribution in [2.24, 2.45) is 11.5 Å². The Balaban J connectivity index is 2.54. The molecule has 1 rings (SSSR count). The van der Waals surface area contributed by atoms with E-state index < -0.39 is 23.3 Å². The molecule has 108 valence electrons. The fourth-order valence-corrected chi connectivity index (χ4v) is 1.42. The number of amides is 2. The molecule has 1 aromatic rings. The number of benzene rings is 1. The first kappa shape index (κ1) is 15.9. The van der Waals surface area contributed by atoms with Crippen LogP contribution in [0.2, 0.25) is 0 Å². The molecule has 0 saturated carbocycles. The highest BCUT2D eigenvalue weighted by Crippen LogP contribution is 2.11. The van der Waals surface area contributed by atoms with Crippen LogP contribution in [0.1, 0.15) is 12.0 Å². The zero-order chi connectivity index (χ0) is 15.1. The van der Waals surface area contributed by atoms with E-state index in [2.05, 4.69) is 10.1 Å². The molecule has 8 heteroatoms. The number of carbonyl (C=O) groups excluding carboxylic acids is 3. The van der Waals surface area contributed by atoms with Gasteiger partial charge in [0, 0.05) is 17.3 Å². The van der Waals surface area contributed by atoms with Crippen LogP contribution in [0.25, 0.3) is 0 Å². The SMILES string of the molecule is NC(=O)C[C@H](N)C(=O)Nc1ccc(COC(=O)Cl)cc1. The van der Waals surface area contributed by atoms with Crippen LogP contribution in [-0.4, -0.2) is 23.3 Å². The summed E-state index contributed by atoms with van der Waals surface area (Å²) < 4.78 is 4.60. The van der Waals surface area contributed by atoms with Gasteiger partial charge in [0.2, 0.25) is 11.8 Å². The second-order valence-electron chi connectivity index (χ2n) is 3.99. The Labute approximate surface area is 120 Å². The lowest BCUT2D eigenvalue weighted by Crippen LogP contribution is -2.38. The molecule has 0 aliphatic heterocycles. The third-order valence-electron chi connectivity index (χ3n) is 2.33. The number of primary amides is 1. The summed E-state index contributed by atoms with van der Waals surface area (Å²) in [5, 5.41) is 2.53. The maximum atomic E-state index is 11.6. The predicted octanol–water partition coefficient (Wildman–Crippen LogP) is 0.703. The number of nitrogens with one attached hydrogen (secondary N) is 1. The number of ether oxygens (including phenoxy) is 1. The Kier molecular flexibility index (Phi) is 5.95. The molecule has 0 radical (unpaired) electrons. The Bertz CT molecular complexity index is 504. The van der Waals surface area contributed by atoms with Crippen LogP contribution in [0.15, 0.2) is 24.3 Å². The van der Waals surface area contributed by atoms with Crippen molar-refractivity contribution in [1.82, 2.24) is 0 Å². The van der Waals surface area contributed by atoms with Gasteiger partial charge in [0.15, 0.2) is 0 Å². The number of halogens is 1. The summed E-state index contributed by atoms with van der Waals surface area (Å²) in [5.41, 5.74) is 10.8. The normalized spacial score (nSPS) is 11.5. The first-order valence-corrected chi connectivity index (χ1v) is 6.02. The minimum atomic E-state index is -0.996. The molecule has 0 saturated heterocycles. The number of rotatable bonds is 6. The van der Waals surface area contributed by atoms with Crippen molar-refractivity contribution in [3.05, 3.63) is 29.8 Å². The molecule has 0 aliphatic rings. The van der Waals surface area contributed by atoms with Gasteiger partial charge in [-0.1, -0.05) is 12.1 Å². The smallest absolute Gasteiger partial charge is 0.404 e. The molecule has 7 nitrogen and oxygen atoms in total. The van der Waals surface area contributed by atoms with Gasteiger partial charge in [0.05, 0.1) is 12.5 Å². The molecule has 0 heterocycles. The van der Waals surface area contributed by atoms with Crippen molar-refractivity contribution in [3.63, 3.8) is 0 Å². The lowest BCUT2D eigenvalue weighted by Gasteiger charge is -2.11. The van der Waals surface area contributed by atoms with E-state index in [-0.39, 0.29) is 13.0 Å². The van der Waals surface area contributed by atoms with Crippen LogP contribution >= 0.6 is 11.6 Å². The molecule has 1 aromatic carbocycles. The third-order valence-corrected chi connectivity index (χ3v) is 2.44. The van der Waals surface area contributed by atoms with E-state index in [1.54, 1.807) is 24.3 Å². The maximum Gasteiger partial charge on any atom is 0.404 e. The fourth-order valence-electron chi connectivity index (χ4n) is 1.37. The summed E-state index contributed by atoms with van der Waals surface area (Å²) >= 11 is 5.03. The van der Waals surface area contributed by atoms with Crippen LogP contribution in [0.3, 0.4) is 0 Å². The predicted molar refractivity (Wildman–Crippen MR) is 72.9 cm³/mol. The van der Waals surface area contributed by atoms with Crippen molar-refractivity contribution in [2.45, 2.75) is 19.1 Å². The topological polar surface area (TPSA) is 125 Å². The largest absolute Gasteiger partial charge is 0.449 e. The highest BCUT2D eigenvalue weighted by atomic mass is 35.5. The average Bonchev–Trinajstić information content (AvgIpc) is 2.37. The molecule has 5 N–H and O–H groups in total. The van der Waals surface area contributed by atoms with Gasteiger partial charge in [-0.25, -0.2) is 4.79 Å². The molecule has 0 aromatic heterocycles. The molecule has 2 amide bonds. The molecule has 0 aliphatic carbocycles. The van der Waals surface area contributed by atoms with Crippen molar-refractivity contribution >= 4 is 34.5 Å². The summed E-state index contributed by atoms with van der Waals surface area (Å²) in [4.78, 5) is 32.7. The van der Waals surface area contributed by atoms with E-state index in [1.807, 2.05) is 0 Å². The van der Waals surface area contributed by atoms with Crippen molar-refractivity contribution in [1.29, 1.82) is 0 Å². The van der Waals surface area contributed by atoms with Crippen LogP contribution in [0, 0.1) is 0 Å². The van der Waals surface area contributed by atoms with Crippen LogP contribution in [0.5, 0.6) is 0 Å². The summed E-state index contributed by atoms with van der Waals surface area (Å²) in [6.07, 6.45) is -0.227. The summed E-state index contributed by atoms with van der Waals surface area (Å²) in [5.74, 6) is -1.16. The number of hydrogen-bond acceptors (Lipinski definition) is 5. The van der Waals surface area contributed by atoms with Gasteiger partial charge in [-0.05, 0) is 17.7 Å². The van der Waals surface area contributed by atoms with Gasteiger partial charge in [0.25, 0.3) is 0 Å². The second kappa shape index (κ2) is 7.46. The Hall–Kier alpha value is -2.12. The summed E-state index contributed by atoms with van der Waals surface area (Å²) in [6, 6.07) is 5.51. The molecule has 0 bridgehead atoms. The number of anilines is 1. The maximum absolute atomic E-state index is 11.6. The second-order valence-corrected chi connectivity index (χ2v) is 4.30. The quantitative estimate of drug-likeness (QED) is 0.667. The van der Waals surface area contributed by atoms with Gasteiger partial charge in [-0.15, -0.1) is 0 Å². The van der Waals surface area contributed by atoms with Gasteiger partial charge in [-0.3, -0.25) is 9.59 Å². The van der Waals surface area contributed by atoms with Crippen LogP contribution in [-0.2, 0) is 20.9 Å². The fraction of sp³-hybridized carbons (Fsp3) is 0.250. The van der Waals surface area contributed by atoms with E-state index in [9.17, 15) is 14.4 Å². The van der Waals surface area contributed by atoms with Crippen LogP contribution < -0.4 is 16.8 Å². The molecule has 0 spiro atoms. The number of nitrogens with two attached hydrogens (primary N) is 2. The minimum absolute atomic E-state index is 0.0394. The molecule has 0 fully saturated rings. The Morgan fingerprint density at radius 2 is 1.85 bits per heavy atom. The number of hydrogen-bond donors (Lipinski definition) is 3. The van der Waals surface area contributed by atoms with E-state index >= 15 is 0 Å². The minimum Gasteiger partial charge on any atom is -0.449 e. The third kappa shape index (κ3) is 5.68. The highest BCUT2D eigenvalue weighted by molar-refractivity contribution is 6.61. The standard InChI is InChI=1S/C12H14ClN3O4/c13-12(19)20-6-7-1-3-8(4-2-7)16-11(18)9(14)5-10(15)17/h1-4,9H,5-6,14H2,(H2,15,17)(H,16,18)/t9-/m0/s1. The molecular formula is C12H14ClN3O4. The molecule has 1 atom stereocenters. The van der Waals surface area contributed by atoms with Crippen LogP contribution in [0.4, 0.5) is 10.5 Å². The van der Waals surface area contributed by atoms with Gasteiger partial charge >= 0.3 is 5.43 Å². The van der Waals surface area contributed by atoms with Gasteiger partial charge in [-0.2, -0.15) is 0 Å². The van der Waals surface area contributed by atoms with E-state index in [0.717, 1.165) is 0 Å².